The van der Waals surface area contributed by atoms with E-state index >= 15 is 0 Å². The molecule has 22 heavy (non-hydrogen) atoms. The van der Waals surface area contributed by atoms with E-state index in [2.05, 4.69) is 36.3 Å². The summed E-state index contributed by atoms with van der Waals surface area (Å²) in [5, 5.41) is 5.45. The molecule has 0 atom stereocenters. The summed E-state index contributed by atoms with van der Waals surface area (Å²) in [5.41, 5.74) is 2.21. The van der Waals surface area contributed by atoms with E-state index in [1.54, 1.807) is 11.3 Å². The molecule has 5 heteroatoms. The van der Waals surface area contributed by atoms with E-state index < -0.39 is 0 Å². The zero-order chi connectivity index (χ0) is 15.5. The first kappa shape index (κ1) is 14.9. The van der Waals surface area contributed by atoms with Crippen LogP contribution < -0.4 is 5.32 Å². The molecule has 3 rings (SSSR count). The zero-order valence-electron chi connectivity index (χ0n) is 12.4. The number of hydrogen-bond acceptors (Lipinski definition) is 4. The van der Waals surface area contributed by atoms with Crippen LogP contribution in [-0.4, -0.2) is 10.9 Å². The van der Waals surface area contributed by atoms with Crippen LogP contribution in [0.5, 0.6) is 0 Å². The summed E-state index contributed by atoms with van der Waals surface area (Å²) >= 11 is 3.11. The quantitative estimate of drug-likeness (QED) is 0.674. The van der Waals surface area contributed by atoms with Crippen molar-refractivity contribution in [3.8, 4) is 0 Å². The predicted molar refractivity (Wildman–Crippen MR) is 95.7 cm³/mol. The van der Waals surface area contributed by atoms with Gasteiger partial charge in [-0.05, 0) is 41.1 Å². The van der Waals surface area contributed by atoms with Gasteiger partial charge < -0.3 is 0 Å². The van der Waals surface area contributed by atoms with Gasteiger partial charge in [0, 0.05) is 11.0 Å². The molecule has 0 fully saturated rings. The maximum atomic E-state index is 11.9. The van der Waals surface area contributed by atoms with E-state index in [1.807, 2.05) is 29.7 Å². The van der Waals surface area contributed by atoms with Gasteiger partial charge in [0.15, 0.2) is 5.13 Å². The van der Waals surface area contributed by atoms with Crippen LogP contribution in [0.1, 0.15) is 30.2 Å². The normalized spacial score (nSPS) is 11.6. The second-order valence-electron chi connectivity index (χ2n) is 5.24. The Labute approximate surface area is 137 Å². The molecule has 0 radical (unpaired) electrons. The molecule has 0 bridgehead atoms. The fourth-order valence-corrected chi connectivity index (χ4v) is 3.58. The molecule has 2 heterocycles. The average Bonchev–Trinajstić information content (AvgIpc) is 3.13. The van der Waals surface area contributed by atoms with Gasteiger partial charge in [-0.15, -0.1) is 11.3 Å². The SMILES string of the molecule is CC(C)c1ccc2nc(NC(=O)/C=C/c3cccs3)sc2c1. The first-order valence-corrected chi connectivity index (χ1v) is 8.74. The molecule has 1 amide bonds. The largest absolute Gasteiger partial charge is 0.298 e. The number of benzene rings is 1. The number of rotatable bonds is 4. The van der Waals surface area contributed by atoms with Crippen LogP contribution in [0.15, 0.2) is 41.8 Å². The van der Waals surface area contributed by atoms with Crippen molar-refractivity contribution < 1.29 is 4.79 Å². The third-order valence-electron chi connectivity index (χ3n) is 3.25. The molecule has 0 spiro atoms. The number of nitrogens with zero attached hydrogens (tertiary/aromatic N) is 1. The van der Waals surface area contributed by atoms with Gasteiger partial charge in [0.05, 0.1) is 10.2 Å². The summed E-state index contributed by atoms with van der Waals surface area (Å²) in [7, 11) is 0. The lowest BCUT2D eigenvalue weighted by Crippen LogP contribution is -2.06. The number of aromatic nitrogens is 1. The third-order valence-corrected chi connectivity index (χ3v) is 5.02. The summed E-state index contributed by atoms with van der Waals surface area (Å²) < 4.78 is 1.10. The fraction of sp³-hybridized carbons (Fsp3) is 0.176. The van der Waals surface area contributed by atoms with E-state index in [0.717, 1.165) is 15.1 Å². The minimum atomic E-state index is -0.156. The second kappa shape index (κ2) is 6.42. The van der Waals surface area contributed by atoms with E-state index in [4.69, 9.17) is 0 Å². The lowest BCUT2D eigenvalue weighted by atomic mass is 10.0. The topological polar surface area (TPSA) is 42.0 Å². The second-order valence-corrected chi connectivity index (χ2v) is 7.25. The highest BCUT2D eigenvalue weighted by Gasteiger charge is 2.08. The van der Waals surface area contributed by atoms with Crippen molar-refractivity contribution in [1.29, 1.82) is 0 Å². The summed E-state index contributed by atoms with van der Waals surface area (Å²) in [6, 6.07) is 10.2. The first-order chi connectivity index (χ1) is 10.6. The Bertz CT molecular complexity index is 816. The van der Waals surface area contributed by atoms with Crippen LogP contribution in [0.3, 0.4) is 0 Å². The number of carbonyl (C=O) groups excluding carboxylic acids is 1. The highest BCUT2D eigenvalue weighted by molar-refractivity contribution is 7.22. The smallest absolute Gasteiger partial charge is 0.250 e. The Morgan fingerprint density at radius 2 is 2.18 bits per heavy atom. The molecule has 1 N–H and O–H groups in total. The molecule has 2 aromatic heterocycles. The van der Waals surface area contributed by atoms with Crippen molar-refractivity contribution in [2.75, 3.05) is 5.32 Å². The van der Waals surface area contributed by atoms with Gasteiger partial charge in [0.2, 0.25) is 5.91 Å². The van der Waals surface area contributed by atoms with Gasteiger partial charge in [-0.25, -0.2) is 4.98 Å². The van der Waals surface area contributed by atoms with Crippen LogP contribution in [0, 0.1) is 0 Å². The van der Waals surface area contributed by atoms with Crippen LogP contribution >= 0.6 is 22.7 Å². The van der Waals surface area contributed by atoms with Crippen molar-refractivity contribution in [2.45, 2.75) is 19.8 Å². The van der Waals surface area contributed by atoms with Gasteiger partial charge in [-0.3, -0.25) is 10.1 Å². The summed E-state index contributed by atoms with van der Waals surface area (Å²) in [6.07, 6.45) is 3.35. The van der Waals surface area contributed by atoms with Crippen molar-refractivity contribution in [1.82, 2.24) is 4.98 Å². The van der Waals surface area contributed by atoms with Crippen LogP contribution in [0.4, 0.5) is 5.13 Å². The van der Waals surface area contributed by atoms with Crippen LogP contribution in [-0.2, 0) is 4.79 Å². The molecule has 112 valence electrons. The number of thiazole rings is 1. The summed E-state index contributed by atoms with van der Waals surface area (Å²) in [4.78, 5) is 17.4. The van der Waals surface area contributed by atoms with E-state index in [-0.39, 0.29) is 5.91 Å². The maximum absolute atomic E-state index is 11.9. The first-order valence-electron chi connectivity index (χ1n) is 7.05. The molecule has 3 nitrogen and oxygen atoms in total. The van der Waals surface area contributed by atoms with Gasteiger partial charge in [-0.1, -0.05) is 37.3 Å². The lowest BCUT2D eigenvalue weighted by Gasteiger charge is -2.03. The maximum Gasteiger partial charge on any atom is 0.250 e. The number of carbonyl (C=O) groups is 1. The molecule has 1 aromatic carbocycles. The highest BCUT2D eigenvalue weighted by Crippen LogP contribution is 2.29. The molecule has 0 unspecified atom stereocenters. The van der Waals surface area contributed by atoms with Gasteiger partial charge in [-0.2, -0.15) is 0 Å². The number of nitrogens with one attached hydrogen (secondary N) is 1. The minimum absolute atomic E-state index is 0.156. The van der Waals surface area contributed by atoms with Gasteiger partial charge in [0.25, 0.3) is 0 Å². The predicted octanol–water partition coefficient (Wildman–Crippen LogP) is 5.13. The standard InChI is InChI=1S/C17H16N2OS2/c1-11(2)12-5-7-14-15(10-12)22-17(18-14)19-16(20)8-6-13-4-3-9-21-13/h3-11H,1-2H3,(H,18,19,20)/b8-6+. The number of amides is 1. The van der Waals surface area contributed by atoms with Crippen LogP contribution in [0.2, 0.25) is 0 Å². The Kier molecular flexibility index (Phi) is 4.36. The van der Waals surface area contributed by atoms with E-state index in [0.29, 0.717) is 11.0 Å². The number of thiophene rings is 1. The van der Waals surface area contributed by atoms with E-state index in [9.17, 15) is 4.79 Å². The number of anilines is 1. The lowest BCUT2D eigenvalue weighted by molar-refractivity contribution is -0.111. The molecule has 0 aliphatic heterocycles. The Morgan fingerprint density at radius 1 is 1.32 bits per heavy atom. The number of hydrogen-bond donors (Lipinski definition) is 1. The van der Waals surface area contributed by atoms with Gasteiger partial charge in [0.1, 0.15) is 0 Å². The van der Waals surface area contributed by atoms with Crippen LogP contribution in [0.25, 0.3) is 16.3 Å². The Morgan fingerprint density at radius 3 is 2.91 bits per heavy atom. The molecule has 0 aliphatic rings. The fourth-order valence-electron chi connectivity index (χ4n) is 2.04. The van der Waals surface area contributed by atoms with Gasteiger partial charge >= 0.3 is 0 Å². The minimum Gasteiger partial charge on any atom is -0.298 e. The molecule has 0 aliphatic carbocycles. The Balaban J connectivity index is 1.74. The Hall–Kier alpha value is -1.98. The number of fused-ring (bicyclic) bond motifs is 1. The molecular formula is C17H16N2OS2. The molecule has 0 saturated carbocycles. The van der Waals surface area contributed by atoms with Crippen molar-refractivity contribution in [3.63, 3.8) is 0 Å². The highest BCUT2D eigenvalue weighted by atomic mass is 32.1. The zero-order valence-corrected chi connectivity index (χ0v) is 14.0. The average molecular weight is 328 g/mol. The third kappa shape index (κ3) is 3.43. The summed E-state index contributed by atoms with van der Waals surface area (Å²) in [5.74, 6) is 0.329. The molecule has 3 aromatic rings. The van der Waals surface area contributed by atoms with Crippen molar-refractivity contribution >= 4 is 50.0 Å². The van der Waals surface area contributed by atoms with Crippen molar-refractivity contribution in [2.24, 2.45) is 0 Å². The van der Waals surface area contributed by atoms with Crippen molar-refractivity contribution in [3.05, 3.63) is 52.2 Å². The van der Waals surface area contributed by atoms with E-state index in [1.165, 1.54) is 23.0 Å². The summed E-state index contributed by atoms with van der Waals surface area (Å²) in [6.45, 7) is 4.33. The monoisotopic (exact) mass is 328 g/mol. The molecular weight excluding hydrogens is 312 g/mol. The molecule has 0 saturated heterocycles.